The molecule has 2 N–H and O–H groups in total. The Hall–Kier alpha value is -3.35. The van der Waals surface area contributed by atoms with E-state index in [2.05, 4.69) is 33.8 Å². The minimum atomic E-state index is 0.330. The van der Waals surface area contributed by atoms with E-state index < -0.39 is 0 Å². The second kappa shape index (κ2) is 7.72. The molecule has 0 unspecified atom stereocenters. The highest BCUT2D eigenvalue weighted by atomic mass is 16.5. The van der Waals surface area contributed by atoms with Crippen LogP contribution in [0.15, 0.2) is 47.1 Å². The van der Waals surface area contributed by atoms with Crippen LogP contribution < -0.4 is 10.5 Å². The highest BCUT2D eigenvalue weighted by Crippen LogP contribution is 2.31. The number of nitrogen functional groups attached to an aromatic ring is 1. The first-order valence-electron chi connectivity index (χ1n) is 9.39. The van der Waals surface area contributed by atoms with Crippen molar-refractivity contribution >= 4 is 16.9 Å². The number of benzene rings is 1. The fraction of sp³-hybridized carbons (Fsp3) is 0.286. The van der Waals surface area contributed by atoms with Gasteiger partial charge in [0, 0.05) is 13.0 Å². The predicted octanol–water partition coefficient (Wildman–Crippen LogP) is 4.07. The Bertz CT molecular complexity index is 1070. The van der Waals surface area contributed by atoms with Crippen LogP contribution in [0.1, 0.15) is 31.2 Å². The highest BCUT2D eigenvalue weighted by molar-refractivity contribution is 5.94. The number of imidazole rings is 1. The lowest BCUT2D eigenvalue weighted by Crippen LogP contribution is -2.07. The summed E-state index contributed by atoms with van der Waals surface area (Å²) in [6.07, 6.45) is 4.62. The summed E-state index contributed by atoms with van der Waals surface area (Å²) in [6.45, 7) is 2.82. The molecule has 0 aliphatic carbocycles. The van der Waals surface area contributed by atoms with E-state index in [4.69, 9.17) is 19.9 Å². The number of nitrogens with zero attached hydrogens (tertiary/aromatic N) is 4. The van der Waals surface area contributed by atoms with Gasteiger partial charge in [0.2, 0.25) is 0 Å². The number of rotatable bonds is 7. The molecule has 1 aromatic carbocycles. The van der Waals surface area contributed by atoms with Crippen molar-refractivity contribution in [2.45, 2.75) is 32.7 Å². The van der Waals surface area contributed by atoms with Gasteiger partial charge in [-0.25, -0.2) is 4.98 Å². The number of hydrogen-bond donors (Lipinski definition) is 1. The third-order valence-electron chi connectivity index (χ3n) is 4.78. The van der Waals surface area contributed by atoms with Gasteiger partial charge in [0.15, 0.2) is 17.3 Å². The lowest BCUT2D eigenvalue weighted by molar-refractivity contribution is 0.414. The zero-order chi connectivity index (χ0) is 19.5. The third-order valence-corrected chi connectivity index (χ3v) is 4.78. The van der Waals surface area contributed by atoms with Gasteiger partial charge in [-0.05, 0) is 36.2 Å². The van der Waals surface area contributed by atoms with Gasteiger partial charge in [0.25, 0.3) is 0 Å². The van der Waals surface area contributed by atoms with Crippen molar-refractivity contribution in [2.24, 2.45) is 0 Å². The van der Waals surface area contributed by atoms with Crippen LogP contribution in [0, 0.1) is 0 Å². The van der Waals surface area contributed by atoms with Gasteiger partial charge in [-0.15, -0.1) is 10.2 Å². The molecule has 0 radical (unpaired) electrons. The summed E-state index contributed by atoms with van der Waals surface area (Å²) >= 11 is 0. The summed E-state index contributed by atoms with van der Waals surface area (Å²) in [6, 6.07) is 11.7. The van der Waals surface area contributed by atoms with Crippen molar-refractivity contribution < 1.29 is 9.15 Å². The van der Waals surface area contributed by atoms with Gasteiger partial charge in [0.05, 0.1) is 13.4 Å². The van der Waals surface area contributed by atoms with E-state index in [-0.39, 0.29) is 0 Å². The Balaban J connectivity index is 1.88. The third kappa shape index (κ3) is 3.31. The molecule has 0 spiro atoms. The van der Waals surface area contributed by atoms with Crippen molar-refractivity contribution in [1.82, 2.24) is 19.7 Å². The molecule has 0 fully saturated rings. The van der Waals surface area contributed by atoms with Crippen LogP contribution in [0.4, 0.5) is 5.82 Å². The lowest BCUT2D eigenvalue weighted by Gasteiger charge is -2.11. The van der Waals surface area contributed by atoms with Gasteiger partial charge in [-0.1, -0.05) is 25.5 Å². The Morgan fingerprint density at radius 3 is 2.64 bits per heavy atom. The average Bonchev–Trinajstić information content (AvgIpc) is 3.37. The number of furan rings is 1. The zero-order valence-corrected chi connectivity index (χ0v) is 16.1. The molecule has 7 heteroatoms. The second-order valence-electron chi connectivity index (χ2n) is 6.67. The molecule has 0 aliphatic heterocycles. The maximum absolute atomic E-state index is 6.12. The number of nitrogens with two attached hydrogens (primary N) is 1. The van der Waals surface area contributed by atoms with E-state index in [0.717, 1.165) is 41.9 Å². The molecule has 0 bridgehead atoms. The monoisotopic (exact) mass is 377 g/mol. The number of aryl methyl sites for hydroxylation is 1. The van der Waals surface area contributed by atoms with Crippen LogP contribution in [0.25, 0.3) is 22.5 Å². The normalized spacial score (nSPS) is 11.2. The van der Waals surface area contributed by atoms with E-state index in [1.165, 1.54) is 0 Å². The zero-order valence-electron chi connectivity index (χ0n) is 16.1. The predicted molar refractivity (Wildman–Crippen MR) is 108 cm³/mol. The SMILES string of the molecule is CCCCc1nc2c(N)nnc(-c3ccco3)c2n1Cc1ccc(OC)cc1. The lowest BCUT2D eigenvalue weighted by atomic mass is 10.2. The van der Waals surface area contributed by atoms with Crippen LogP contribution in [0.2, 0.25) is 0 Å². The topological polar surface area (TPSA) is 92.0 Å². The molecule has 28 heavy (non-hydrogen) atoms. The Kier molecular flexibility index (Phi) is 4.97. The number of ether oxygens (including phenoxy) is 1. The number of unbranched alkanes of at least 4 members (excludes halogenated alkanes) is 1. The Morgan fingerprint density at radius 2 is 1.96 bits per heavy atom. The summed E-state index contributed by atoms with van der Waals surface area (Å²) < 4.78 is 13.0. The van der Waals surface area contributed by atoms with Crippen LogP contribution in [-0.2, 0) is 13.0 Å². The van der Waals surface area contributed by atoms with Gasteiger partial charge in [0.1, 0.15) is 22.6 Å². The van der Waals surface area contributed by atoms with E-state index in [0.29, 0.717) is 29.3 Å². The molecule has 4 aromatic rings. The fourth-order valence-electron chi connectivity index (χ4n) is 3.31. The van der Waals surface area contributed by atoms with Gasteiger partial charge >= 0.3 is 0 Å². The highest BCUT2D eigenvalue weighted by Gasteiger charge is 2.21. The molecule has 0 aliphatic rings. The van der Waals surface area contributed by atoms with Crippen molar-refractivity contribution in [3.05, 3.63) is 54.0 Å². The number of anilines is 1. The number of hydrogen-bond acceptors (Lipinski definition) is 6. The largest absolute Gasteiger partial charge is 0.497 e. The maximum atomic E-state index is 6.12. The minimum absolute atomic E-state index is 0.330. The molecule has 144 valence electrons. The van der Waals surface area contributed by atoms with Gasteiger partial charge in [-0.3, -0.25) is 0 Å². The van der Waals surface area contributed by atoms with Crippen molar-refractivity contribution in [1.29, 1.82) is 0 Å². The molecule has 0 saturated heterocycles. The second-order valence-corrected chi connectivity index (χ2v) is 6.67. The summed E-state index contributed by atoms with van der Waals surface area (Å²) in [5.74, 6) is 2.78. The molecule has 3 aromatic heterocycles. The molecule has 3 heterocycles. The molecular formula is C21H23N5O2. The fourth-order valence-corrected chi connectivity index (χ4v) is 3.31. The molecule has 0 amide bonds. The van der Waals surface area contributed by atoms with Crippen molar-refractivity contribution in [3.8, 4) is 17.2 Å². The molecule has 0 atom stereocenters. The quantitative estimate of drug-likeness (QED) is 0.522. The Morgan fingerprint density at radius 1 is 1.14 bits per heavy atom. The van der Waals surface area contributed by atoms with Crippen molar-refractivity contribution in [3.63, 3.8) is 0 Å². The van der Waals surface area contributed by atoms with Crippen LogP contribution in [0.5, 0.6) is 5.75 Å². The summed E-state index contributed by atoms with van der Waals surface area (Å²) in [7, 11) is 1.66. The first-order chi connectivity index (χ1) is 13.7. The minimum Gasteiger partial charge on any atom is -0.497 e. The summed E-state index contributed by atoms with van der Waals surface area (Å²) in [5, 5.41) is 8.43. The summed E-state index contributed by atoms with van der Waals surface area (Å²) in [5.41, 5.74) is 9.43. The molecular weight excluding hydrogens is 354 g/mol. The molecule has 0 saturated carbocycles. The van der Waals surface area contributed by atoms with Gasteiger partial charge < -0.3 is 19.5 Å². The number of methoxy groups -OCH3 is 1. The smallest absolute Gasteiger partial charge is 0.174 e. The van der Waals surface area contributed by atoms with Gasteiger partial charge in [-0.2, -0.15) is 0 Å². The molecule has 7 nitrogen and oxygen atoms in total. The number of fused-ring (bicyclic) bond motifs is 1. The van der Waals surface area contributed by atoms with Crippen LogP contribution in [0.3, 0.4) is 0 Å². The van der Waals surface area contributed by atoms with Crippen LogP contribution >= 0.6 is 0 Å². The van der Waals surface area contributed by atoms with E-state index in [9.17, 15) is 0 Å². The molecule has 4 rings (SSSR count). The average molecular weight is 377 g/mol. The standard InChI is InChI=1S/C21H23N5O2/c1-3-4-7-17-23-19-20(18(24-25-21(19)22)16-6-5-12-28-16)26(17)13-14-8-10-15(27-2)11-9-14/h5-6,8-12H,3-4,7,13H2,1-2H3,(H2,22,25). The first-order valence-corrected chi connectivity index (χ1v) is 9.39. The first kappa shape index (κ1) is 18.0. The number of aromatic nitrogens is 4. The van der Waals surface area contributed by atoms with Crippen LogP contribution in [-0.4, -0.2) is 26.9 Å². The maximum Gasteiger partial charge on any atom is 0.174 e. The summed E-state index contributed by atoms with van der Waals surface area (Å²) in [4.78, 5) is 4.82. The Labute approximate surface area is 163 Å². The van der Waals surface area contributed by atoms with E-state index >= 15 is 0 Å². The van der Waals surface area contributed by atoms with E-state index in [1.54, 1.807) is 13.4 Å². The van der Waals surface area contributed by atoms with Crippen molar-refractivity contribution in [2.75, 3.05) is 12.8 Å². The van der Waals surface area contributed by atoms with E-state index in [1.807, 2.05) is 24.3 Å².